The molecule has 0 aromatic carbocycles. The monoisotopic (exact) mass is 243 g/mol. The summed E-state index contributed by atoms with van der Waals surface area (Å²) in [5.41, 5.74) is 5.36. The lowest BCUT2D eigenvalue weighted by molar-refractivity contribution is 0.0865. The van der Waals surface area contributed by atoms with Crippen LogP contribution in [-0.4, -0.2) is 28.1 Å². The van der Waals surface area contributed by atoms with Crippen molar-refractivity contribution >= 4 is 17.2 Å². The summed E-state index contributed by atoms with van der Waals surface area (Å²) in [5.74, 6) is -0.290. The van der Waals surface area contributed by atoms with Crippen molar-refractivity contribution in [1.82, 2.24) is 10.3 Å². The molecule has 1 aromatic heterocycles. The Balaban J connectivity index is 2.74. The fourth-order valence-corrected chi connectivity index (χ4v) is 1.77. The molecule has 6 heteroatoms. The Morgan fingerprint density at radius 2 is 2.38 bits per heavy atom. The van der Waals surface area contributed by atoms with Gasteiger partial charge in [-0.2, -0.15) is 0 Å². The SMILES string of the molecule is CC(N)c1nc(C(=O)NC(C)(C)CO)cs1. The number of aliphatic hydroxyl groups is 1. The van der Waals surface area contributed by atoms with Gasteiger partial charge in [0.1, 0.15) is 10.7 Å². The van der Waals surface area contributed by atoms with Gasteiger partial charge in [-0.3, -0.25) is 4.79 Å². The van der Waals surface area contributed by atoms with E-state index in [2.05, 4.69) is 10.3 Å². The van der Waals surface area contributed by atoms with Gasteiger partial charge >= 0.3 is 0 Å². The van der Waals surface area contributed by atoms with Crippen LogP contribution in [0.15, 0.2) is 5.38 Å². The predicted molar refractivity (Wildman–Crippen MR) is 63.3 cm³/mol. The Labute approximate surface area is 98.7 Å². The second-order valence-corrected chi connectivity index (χ2v) is 5.25. The number of rotatable bonds is 4. The summed E-state index contributed by atoms with van der Waals surface area (Å²) in [6, 6.07) is -0.169. The van der Waals surface area contributed by atoms with Gasteiger partial charge in [0.15, 0.2) is 0 Å². The molecule has 0 radical (unpaired) electrons. The molecule has 0 aliphatic rings. The van der Waals surface area contributed by atoms with Crippen molar-refractivity contribution in [3.05, 3.63) is 16.1 Å². The minimum absolute atomic E-state index is 0.122. The van der Waals surface area contributed by atoms with Gasteiger partial charge in [0.05, 0.1) is 18.2 Å². The highest BCUT2D eigenvalue weighted by Gasteiger charge is 2.21. The van der Waals surface area contributed by atoms with Crippen LogP contribution in [0.4, 0.5) is 0 Å². The number of aliphatic hydroxyl groups excluding tert-OH is 1. The van der Waals surface area contributed by atoms with E-state index < -0.39 is 5.54 Å². The van der Waals surface area contributed by atoms with Gasteiger partial charge < -0.3 is 16.2 Å². The second-order valence-electron chi connectivity index (χ2n) is 4.36. The molecule has 0 spiro atoms. The van der Waals surface area contributed by atoms with E-state index in [1.54, 1.807) is 19.2 Å². The minimum Gasteiger partial charge on any atom is -0.394 e. The van der Waals surface area contributed by atoms with E-state index in [-0.39, 0.29) is 18.6 Å². The Morgan fingerprint density at radius 1 is 1.75 bits per heavy atom. The van der Waals surface area contributed by atoms with Crippen LogP contribution in [-0.2, 0) is 0 Å². The molecule has 1 amide bonds. The summed E-state index contributed by atoms with van der Waals surface area (Å²) in [6.45, 7) is 5.18. The number of carbonyl (C=O) groups excluding carboxylic acids is 1. The molecule has 1 aromatic rings. The lowest BCUT2D eigenvalue weighted by Crippen LogP contribution is -2.46. The minimum atomic E-state index is -0.644. The van der Waals surface area contributed by atoms with Crippen LogP contribution in [0.3, 0.4) is 0 Å². The van der Waals surface area contributed by atoms with E-state index in [9.17, 15) is 4.79 Å². The number of carbonyl (C=O) groups is 1. The third-order valence-electron chi connectivity index (χ3n) is 1.99. The summed E-state index contributed by atoms with van der Waals surface area (Å²) < 4.78 is 0. The normalized spacial score (nSPS) is 13.6. The number of thiazole rings is 1. The summed E-state index contributed by atoms with van der Waals surface area (Å²) in [4.78, 5) is 15.9. The number of amides is 1. The highest BCUT2D eigenvalue weighted by molar-refractivity contribution is 7.09. The lowest BCUT2D eigenvalue weighted by atomic mass is 10.1. The largest absolute Gasteiger partial charge is 0.394 e. The summed E-state index contributed by atoms with van der Waals surface area (Å²) in [5, 5.41) is 14.1. The summed E-state index contributed by atoms with van der Waals surface area (Å²) >= 11 is 1.36. The fourth-order valence-electron chi connectivity index (χ4n) is 1.01. The Hall–Kier alpha value is -0.980. The number of hydrogen-bond donors (Lipinski definition) is 3. The van der Waals surface area contributed by atoms with Crippen LogP contribution < -0.4 is 11.1 Å². The molecule has 1 unspecified atom stereocenters. The second kappa shape index (κ2) is 4.90. The molecule has 90 valence electrons. The molecule has 4 N–H and O–H groups in total. The molecule has 0 aliphatic heterocycles. The van der Waals surface area contributed by atoms with Crippen LogP contribution in [0.5, 0.6) is 0 Å². The van der Waals surface area contributed by atoms with Crippen LogP contribution in [0.2, 0.25) is 0 Å². The first-order valence-electron chi connectivity index (χ1n) is 5.00. The zero-order chi connectivity index (χ0) is 12.3. The highest BCUT2D eigenvalue weighted by atomic mass is 32.1. The summed E-state index contributed by atoms with van der Waals surface area (Å²) in [6.07, 6.45) is 0. The van der Waals surface area contributed by atoms with E-state index in [4.69, 9.17) is 10.8 Å². The van der Waals surface area contributed by atoms with Gasteiger partial charge in [-0.25, -0.2) is 4.98 Å². The summed E-state index contributed by atoms with van der Waals surface area (Å²) in [7, 11) is 0. The topological polar surface area (TPSA) is 88.2 Å². The number of aromatic nitrogens is 1. The highest BCUT2D eigenvalue weighted by Crippen LogP contribution is 2.16. The van der Waals surface area contributed by atoms with E-state index in [0.717, 1.165) is 5.01 Å². The van der Waals surface area contributed by atoms with Gasteiger partial charge in [-0.1, -0.05) is 0 Å². The first kappa shape index (κ1) is 13.1. The Kier molecular flexibility index (Phi) is 4.01. The van der Waals surface area contributed by atoms with Crippen molar-refractivity contribution in [1.29, 1.82) is 0 Å². The molecule has 1 heterocycles. The van der Waals surface area contributed by atoms with Crippen molar-refractivity contribution in [2.75, 3.05) is 6.61 Å². The zero-order valence-electron chi connectivity index (χ0n) is 9.65. The third kappa shape index (κ3) is 3.26. The van der Waals surface area contributed by atoms with E-state index in [1.807, 2.05) is 6.92 Å². The molecule has 5 nitrogen and oxygen atoms in total. The van der Waals surface area contributed by atoms with Gasteiger partial charge in [0.2, 0.25) is 0 Å². The van der Waals surface area contributed by atoms with Gasteiger partial charge in [0, 0.05) is 5.38 Å². The molecule has 0 saturated heterocycles. The van der Waals surface area contributed by atoms with Crippen LogP contribution in [0.1, 0.15) is 42.3 Å². The first-order chi connectivity index (χ1) is 7.35. The molecule has 1 atom stereocenters. The quantitative estimate of drug-likeness (QED) is 0.725. The van der Waals surface area contributed by atoms with Crippen molar-refractivity contribution < 1.29 is 9.90 Å². The Bertz CT molecular complexity index is 374. The van der Waals surface area contributed by atoms with Gasteiger partial charge in [-0.05, 0) is 20.8 Å². The molecule has 1 rings (SSSR count). The van der Waals surface area contributed by atoms with E-state index in [0.29, 0.717) is 5.69 Å². The average molecular weight is 243 g/mol. The third-order valence-corrected chi connectivity index (χ3v) is 3.04. The number of nitrogens with one attached hydrogen (secondary N) is 1. The molecular formula is C10H17N3O2S. The molecule has 0 bridgehead atoms. The van der Waals surface area contributed by atoms with Gasteiger partial charge in [0.25, 0.3) is 5.91 Å². The van der Waals surface area contributed by atoms with Crippen LogP contribution in [0.25, 0.3) is 0 Å². The number of nitrogens with two attached hydrogens (primary N) is 1. The molecule has 0 aliphatic carbocycles. The molecule has 0 saturated carbocycles. The molecule has 16 heavy (non-hydrogen) atoms. The van der Waals surface area contributed by atoms with Crippen molar-refractivity contribution in [2.45, 2.75) is 32.4 Å². The smallest absolute Gasteiger partial charge is 0.271 e. The Morgan fingerprint density at radius 3 is 2.81 bits per heavy atom. The maximum absolute atomic E-state index is 11.7. The van der Waals surface area contributed by atoms with E-state index in [1.165, 1.54) is 11.3 Å². The van der Waals surface area contributed by atoms with E-state index >= 15 is 0 Å². The maximum Gasteiger partial charge on any atom is 0.271 e. The van der Waals surface area contributed by atoms with Crippen molar-refractivity contribution in [3.63, 3.8) is 0 Å². The predicted octanol–water partition coefficient (Wildman–Crippen LogP) is 0.663. The van der Waals surface area contributed by atoms with Crippen LogP contribution in [0, 0.1) is 0 Å². The fraction of sp³-hybridized carbons (Fsp3) is 0.600. The van der Waals surface area contributed by atoms with Crippen molar-refractivity contribution in [3.8, 4) is 0 Å². The van der Waals surface area contributed by atoms with Crippen LogP contribution >= 0.6 is 11.3 Å². The average Bonchev–Trinajstić information content (AvgIpc) is 2.66. The van der Waals surface area contributed by atoms with Gasteiger partial charge in [-0.15, -0.1) is 11.3 Å². The molecule has 0 fully saturated rings. The number of nitrogens with zero attached hydrogens (tertiary/aromatic N) is 1. The lowest BCUT2D eigenvalue weighted by Gasteiger charge is -2.22. The number of hydrogen-bond acceptors (Lipinski definition) is 5. The maximum atomic E-state index is 11.7. The zero-order valence-corrected chi connectivity index (χ0v) is 10.5. The first-order valence-corrected chi connectivity index (χ1v) is 5.88. The standard InChI is InChI=1S/C10H17N3O2S/c1-6(11)9-12-7(4-16-9)8(15)13-10(2,3)5-14/h4,6,14H,5,11H2,1-3H3,(H,13,15). The molecular weight excluding hydrogens is 226 g/mol. The van der Waals surface area contributed by atoms with Crippen molar-refractivity contribution in [2.24, 2.45) is 5.73 Å².